The van der Waals surface area contributed by atoms with Crippen molar-refractivity contribution in [2.24, 2.45) is 7.05 Å². The van der Waals surface area contributed by atoms with Gasteiger partial charge < -0.3 is 4.74 Å². The monoisotopic (exact) mass is 273 g/mol. The van der Waals surface area contributed by atoms with Gasteiger partial charge in [0.25, 0.3) is 0 Å². The Morgan fingerprint density at radius 3 is 2.60 bits per heavy atom. The van der Waals surface area contributed by atoms with Gasteiger partial charge in [-0.15, -0.1) is 0 Å². The summed E-state index contributed by atoms with van der Waals surface area (Å²) in [4.78, 5) is 16.7. The summed E-state index contributed by atoms with van der Waals surface area (Å²) in [5.41, 5.74) is 4.03. The molecule has 5 nitrogen and oxygen atoms in total. The normalized spacial score (nSPS) is 10.7. The minimum Gasteiger partial charge on any atom is -0.496 e. The molecule has 2 heterocycles. The van der Waals surface area contributed by atoms with Gasteiger partial charge in [0.05, 0.1) is 30.5 Å². The summed E-state index contributed by atoms with van der Waals surface area (Å²) in [5, 5.41) is 4.19. The number of ether oxygens (including phenoxy) is 1. The number of pyridine rings is 1. The van der Waals surface area contributed by atoms with Gasteiger partial charge >= 0.3 is 0 Å². The third-order valence-electron chi connectivity index (χ3n) is 3.39. The number of carbonyl (C=O) groups excluding carboxylic acids is 1. The molecule has 0 bridgehead atoms. The largest absolute Gasteiger partial charge is 0.496 e. The van der Waals surface area contributed by atoms with E-state index in [0.717, 1.165) is 28.3 Å². The average molecular weight is 273 g/mol. The predicted octanol–water partition coefficient (Wildman–Crippen LogP) is 2.17. The summed E-state index contributed by atoms with van der Waals surface area (Å²) in [5.74, 6) is 0.822. The van der Waals surface area contributed by atoms with E-state index in [9.17, 15) is 4.79 Å². The topological polar surface area (TPSA) is 57.0 Å². The van der Waals surface area contributed by atoms with Gasteiger partial charge in [-0.25, -0.2) is 0 Å². The zero-order valence-corrected chi connectivity index (χ0v) is 12.5. The number of ketones is 1. The highest BCUT2D eigenvalue weighted by atomic mass is 16.5. The van der Waals surface area contributed by atoms with Crippen LogP contribution in [0.3, 0.4) is 0 Å². The Labute approximate surface area is 118 Å². The lowest BCUT2D eigenvalue weighted by molar-refractivity contribution is 0.0991. The van der Waals surface area contributed by atoms with Gasteiger partial charge in [0, 0.05) is 30.6 Å². The molecule has 0 amide bonds. The maximum Gasteiger partial charge on any atom is 0.172 e. The van der Waals surface area contributed by atoms with Crippen LogP contribution in [0.25, 0.3) is 0 Å². The molecule has 2 aromatic heterocycles. The van der Waals surface area contributed by atoms with E-state index in [1.54, 1.807) is 24.2 Å². The highest BCUT2D eigenvalue weighted by molar-refractivity contribution is 5.98. The van der Waals surface area contributed by atoms with Gasteiger partial charge in [-0.05, 0) is 20.8 Å². The number of aryl methyl sites for hydroxylation is 3. The first kappa shape index (κ1) is 14.2. The molecule has 5 heteroatoms. The molecule has 0 unspecified atom stereocenters. The van der Waals surface area contributed by atoms with E-state index in [2.05, 4.69) is 10.1 Å². The second-order valence-electron chi connectivity index (χ2n) is 4.95. The van der Waals surface area contributed by atoms with Crippen LogP contribution in [0.15, 0.2) is 12.4 Å². The lowest BCUT2D eigenvalue weighted by Crippen LogP contribution is -2.08. The number of Topliss-reactive ketones (excluding diaryl/α,β-unsaturated/α-hetero) is 1. The van der Waals surface area contributed by atoms with E-state index >= 15 is 0 Å². The first-order chi connectivity index (χ1) is 9.43. The Kier molecular flexibility index (Phi) is 3.88. The lowest BCUT2D eigenvalue weighted by atomic mass is 10.0. The third kappa shape index (κ3) is 2.57. The summed E-state index contributed by atoms with van der Waals surface area (Å²) >= 11 is 0. The number of nitrogens with zero attached hydrogens (tertiary/aromatic N) is 3. The molecule has 0 saturated carbocycles. The second kappa shape index (κ2) is 5.45. The van der Waals surface area contributed by atoms with Crippen LogP contribution in [-0.2, 0) is 13.5 Å². The Balaban J connectivity index is 2.31. The van der Waals surface area contributed by atoms with Crippen molar-refractivity contribution in [1.29, 1.82) is 0 Å². The minimum atomic E-state index is 0.0251. The van der Waals surface area contributed by atoms with Gasteiger partial charge in [-0.1, -0.05) is 0 Å². The maximum atomic E-state index is 12.4. The zero-order valence-electron chi connectivity index (χ0n) is 12.5. The van der Waals surface area contributed by atoms with Crippen molar-refractivity contribution in [3.8, 4) is 5.75 Å². The van der Waals surface area contributed by atoms with E-state index in [-0.39, 0.29) is 12.2 Å². The highest BCUT2D eigenvalue weighted by Gasteiger charge is 2.17. The number of methoxy groups -OCH3 is 1. The molecule has 0 radical (unpaired) electrons. The Bertz CT molecular complexity index is 659. The maximum absolute atomic E-state index is 12.4. The predicted molar refractivity (Wildman–Crippen MR) is 76.2 cm³/mol. The smallest absolute Gasteiger partial charge is 0.172 e. The molecule has 0 fully saturated rings. The molecular formula is C15H19N3O2. The van der Waals surface area contributed by atoms with Gasteiger partial charge in [0.1, 0.15) is 5.75 Å². The van der Waals surface area contributed by atoms with Crippen LogP contribution in [0.4, 0.5) is 0 Å². The molecule has 0 aromatic carbocycles. The van der Waals surface area contributed by atoms with Gasteiger partial charge in [-0.2, -0.15) is 5.10 Å². The molecule has 0 aliphatic carbocycles. The molecule has 0 aliphatic rings. The van der Waals surface area contributed by atoms with Crippen LogP contribution in [0.5, 0.6) is 5.75 Å². The molecule has 0 N–H and O–H groups in total. The van der Waals surface area contributed by atoms with Crippen molar-refractivity contribution < 1.29 is 9.53 Å². The Morgan fingerprint density at radius 1 is 1.35 bits per heavy atom. The van der Waals surface area contributed by atoms with E-state index in [1.807, 2.05) is 27.8 Å². The molecule has 0 saturated heterocycles. The van der Waals surface area contributed by atoms with Gasteiger partial charge in [0.15, 0.2) is 5.78 Å². The molecule has 0 atom stereocenters. The minimum absolute atomic E-state index is 0.0251. The van der Waals surface area contributed by atoms with E-state index in [0.29, 0.717) is 5.56 Å². The number of aromatic nitrogens is 3. The molecular weight excluding hydrogens is 254 g/mol. The van der Waals surface area contributed by atoms with E-state index in [1.165, 1.54) is 0 Å². The summed E-state index contributed by atoms with van der Waals surface area (Å²) in [6.07, 6.45) is 3.75. The van der Waals surface area contributed by atoms with Crippen LogP contribution < -0.4 is 4.74 Å². The summed E-state index contributed by atoms with van der Waals surface area (Å²) in [7, 11) is 3.44. The van der Waals surface area contributed by atoms with Crippen molar-refractivity contribution in [2.45, 2.75) is 27.2 Å². The average Bonchev–Trinajstić information content (AvgIpc) is 2.73. The Hall–Kier alpha value is -2.17. The molecule has 0 spiro atoms. The van der Waals surface area contributed by atoms with Crippen LogP contribution in [0.2, 0.25) is 0 Å². The van der Waals surface area contributed by atoms with Crippen molar-refractivity contribution >= 4 is 5.78 Å². The van der Waals surface area contributed by atoms with E-state index in [4.69, 9.17) is 4.74 Å². The number of carbonyl (C=O) groups is 1. The molecule has 106 valence electrons. The van der Waals surface area contributed by atoms with Gasteiger partial charge in [0.2, 0.25) is 0 Å². The molecule has 20 heavy (non-hydrogen) atoms. The SMILES string of the molecule is COc1c(C)cnc(CC(=O)c2cn(C)nc2C)c1C. The van der Waals surface area contributed by atoms with E-state index < -0.39 is 0 Å². The third-order valence-corrected chi connectivity index (χ3v) is 3.39. The second-order valence-corrected chi connectivity index (χ2v) is 4.95. The van der Waals surface area contributed by atoms with Crippen LogP contribution >= 0.6 is 0 Å². The number of hydrogen-bond donors (Lipinski definition) is 0. The van der Waals surface area contributed by atoms with Crippen molar-refractivity contribution in [1.82, 2.24) is 14.8 Å². The lowest BCUT2D eigenvalue weighted by Gasteiger charge is -2.11. The van der Waals surface area contributed by atoms with Crippen molar-refractivity contribution in [2.75, 3.05) is 7.11 Å². The quantitative estimate of drug-likeness (QED) is 0.801. The Morgan fingerprint density at radius 2 is 2.05 bits per heavy atom. The van der Waals surface area contributed by atoms with Gasteiger partial charge in [-0.3, -0.25) is 14.5 Å². The standard InChI is InChI=1S/C15H19N3O2/c1-9-7-16-13(10(2)15(9)20-5)6-14(19)12-8-18(4)17-11(12)3/h7-8H,6H2,1-5H3. The van der Waals surface area contributed by atoms with Crippen LogP contribution in [0.1, 0.15) is 32.9 Å². The molecule has 2 aromatic rings. The highest BCUT2D eigenvalue weighted by Crippen LogP contribution is 2.24. The fraction of sp³-hybridized carbons (Fsp3) is 0.400. The molecule has 0 aliphatic heterocycles. The summed E-state index contributed by atoms with van der Waals surface area (Å²) in [6.45, 7) is 5.70. The fourth-order valence-electron chi connectivity index (χ4n) is 2.37. The van der Waals surface area contributed by atoms with Crippen molar-refractivity contribution in [3.05, 3.63) is 40.5 Å². The van der Waals surface area contributed by atoms with Crippen LogP contribution in [-0.4, -0.2) is 27.7 Å². The zero-order chi connectivity index (χ0) is 14.9. The summed E-state index contributed by atoms with van der Waals surface area (Å²) < 4.78 is 7.02. The first-order valence-electron chi connectivity index (χ1n) is 6.46. The van der Waals surface area contributed by atoms with Crippen LogP contribution in [0, 0.1) is 20.8 Å². The summed E-state index contributed by atoms with van der Waals surface area (Å²) in [6, 6.07) is 0. The fourth-order valence-corrected chi connectivity index (χ4v) is 2.37. The number of rotatable bonds is 4. The number of hydrogen-bond acceptors (Lipinski definition) is 4. The molecule has 2 rings (SSSR count). The first-order valence-corrected chi connectivity index (χ1v) is 6.46. The van der Waals surface area contributed by atoms with Crippen molar-refractivity contribution in [3.63, 3.8) is 0 Å².